The number of hydrogen-bond acceptors (Lipinski definition) is 4. The minimum absolute atomic E-state index is 0.0381. The first kappa shape index (κ1) is 13.6. The second-order valence-corrected chi connectivity index (χ2v) is 6.49. The van der Waals surface area contributed by atoms with Crippen LogP contribution in [0.4, 0.5) is 0 Å². The van der Waals surface area contributed by atoms with Gasteiger partial charge < -0.3 is 4.74 Å². The zero-order valence-electron chi connectivity index (χ0n) is 12.9. The Morgan fingerprint density at radius 1 is 0.958 bits per heavy atom. The summed E-state index contributed by atoms with van der Waals surface area (Å²) in [5.41, 5.74) is -0.168. The zero-order chi connectivity index (χ0) is 16.6. The molecule has 0 amide bonds. The number of nitrogens with zero attached hydrogens (tertiary/aromatic N) is 3. The van der Waals surface area contributed by atoms with Gasteiger partial charge in [-0.15, -0.1) is 0 Å². The number of methoxy groups -OCH3 is 1. The van der Waals surface area contributed by atoms with Crippen molar-refractivity contribution < 1.29 is 9.53 Å². The highest BCUT2D eigenvalue weighted by molar-refractivity contribution is 5.77. The molecule has 2 aliphatic carbocycles. The van der Waals surface area contributed by atoms with Gasteiger partial charge in [0, 0.05) is 11.8 Å². The maximum Gasteiger partial charge on any atom is 0.352 e. The third-order valence-electron chi connectivity index (χ3n) is 5.49. The maximum absolute atomic E-state index is 12.9. The summed E-state index contributed by atoms with van der Waals surface area (Å²) in [6.45, 7) is 0. The van der Waals surface area contributed by atoms with E-state index in [4.69, 9.17) is 4.74 Å². The number of hydrogen-bond donors (Lipinski definition) is 0. The Morgan fingerprint density at radius 2 is 1.50 bits per heavy atom. The molecule has 2 aliphatic heterocycles. The van der Waals surface area contributed by atoms with Crippen LogP contribution in [0.1, 0.15) is 12.1 Å². The number of benzene rings is 1. The highest BCUT2D eigenvalue weighted by Gasteiger charge is 2.67. The predicted octanol–water partition coefficient (Wildman–Crippen LogP) is 0.501. The van der Waals surface area contributed by atoms with E-state index in [1.54, 1.807) is 24.3 Å². The Hall–Kier alpha value is -2.83. The average molecular weight is 325 g/mol. The average Bonchev–Trinajstić information content (AvgIpc) is 3.33. The van der Waals surface area contributed by atoms with Gasteiger partial charge in [0.05, 0.1) is 30.8 Å². The Balaban J connectivity index is 1.69. The third kappa shape index (κ3) is 1.45. The van der Waals surface area contributed by atoms with E-state index < -0.39 is 0 Å². The molecular weight excluding hydrogens is 310 g/mol. The molecule has 3 heterocycles. The van der Waals surface area contributed by atoms with Crippen molar-refractivity contribution >= 4 is 5.97 Å². The number of carbonyl (C=O) groups excluding carboxylic acids is 1. The fourth-order valence-corrected chi connectivity index (χ4v) is 4.47. The number of esters is 1. The summed E-state index contributed by atoms with van der Waals surface area (Å²) in [6, 6.07) is 8.36. The highest BCUT2D eigenvalue weighted by atomic mass is 16.5. The lowest BCUT2D eigenvalue weighted by Gasteiger charge is -2.32. The lowest BCUT2D eigenvalue weighted by atomic mass is 9.96. The second kappa shape index (κ2) is 4.37. The molecule has 0 spiro atoms. The van der Waals surface area contributed by atoms with E-state index in [0.29, 0.717) is 5.69 Å². The Morgan fingerprint density at radius 3 is 2.00 bits per heavy atom. The summed E-state index contributed by atoms with van der Waals surface area (Å²) < 4.78 is 9.08. The first-order chi connectivity index (χ1) is 11.6. The molecular formula is C17H15N3O4. The van der Waals surface area contributed by atoms with Gasteiger partial charge in [0.1, 0.15) is 0 Å². The van der Waals surface area contributed by atoms with Crippen LogP contribution in [0.15, 0.2) is 52.1 Å². The fraction of sp³-hybridized carbons (Fsp3) is 0.353. The van der Waals surface area contributed by atoms with Crippen LogP contribution in [0, 0.1) is 17.8 Å². The summed E-state index contributed by atoms with van der Waals surface area (Å²) in [4.78, 5) is 37.7. The van der Waals surface area contributed by atoms with E-state index in [2.05, 4.69) is 0 Å². The molecule has 1 aromatic heterocycles. The van der Waals surface area contributed by atoms with Crippen molar-refractivity contribution in [3.8, 4) is 5.69 Å². The molecule has 122 valence electrons. The van der Waals surface area contributed by atoms with Crippen LogP contribution in [0.2, 0.25) is 0 Å². The van der Waals surface area contributed by atoms with Gasteiger partial charge >= 0.3 is 17.3 Å². The molecule has 1 aromatic carbocycles. The minimum atomic E-state index is -0.362. The molecule has 2 bridgehead atoms. The summed E-state index contributed by atoms with van der Waals surface area (Å²) in [5.74, 6) is -0.422. The van der Waals surface area contributed by atoms with E-state index in [9.17, 15) is 14.4 Å². The van der Waals surface area contributed by atoms with Crippen LogP contribution in [0.5, 0.6) is 0 Å². The molecule has 24 heavy (non-hydrogen) atoms. The molecule has 1 saturated carbocycles. The molecule has 7 heteroatoms. The van der Waals surface area contributed by atoms with Crippen molar-refractivity contribution in [3.05, 3.63) is 63.5 Å². The zero-order valence-corrected chi connectivity index (χ0v) is 12.9. The molecule has 0 N–H and O–H groups in total. The van der Waals surface area contributed by atoms with Crippen molar-refractivity contribution in [2.75, 3.05) is 7.11 Å². The molecule has 0 radical (unpaired) electrons. The maximum atomic E-state index is 12.9. The van der Waals surface area contributed by atoms with Crippen LogP contribution in [0.3, 0.4) is 0 Å². The summed E-state index contributed by atoms with van der Waals surface area (Å²) >= 11 is 0. The van der Waals surface area contributed by atoms with Gasteiger partial charge in [-0.3, -0.25) is 4.79 Å². The number of para-hydroxylation sites is 1. The van der Waals surface area contributed by atoms with Crippen molar-refractivity contribution in [3.63, 3.8) is 0 Å². The molecule has 7 nitrogen and oxygen atoms in total. The van der Waals surface area contributed by atoms with Crippen molar-refractivity contribution in [2.45, 2.75) is 12.1 Å². The summed E-state index contributed by atoms with van der Waals surface area (Å²) in [5, 5.41) is 0. The van der Waals surface area contributed by atoms with Gasteiger partial charge in [0.25, 0.3) is 0 Å². The predicted molar refractivity (Wildman–Crippen MR) is 84.0 cm³/mol. The highest BCUT2D eigenvalue weighted by Crippen LogP contribution is 2.63. The first-order valence-corrected chi connectivity index (χ1v) is 7.93. The number of carbonyl (C=O) groups is 1. The van der Waals surface area contributed by atoms with E-state index >= 15 is 0 Å². The van der Waals surface area contributed by atoms with E-state index in [1.165, 1.54) is 21.0 Å². The van der Waals surface area contributed by atoms with Gasteiger partial charge in [-0.2, -0.15) is 0 Å². The normalized spacial score (nSPS) is 31.5. The van der Waals surface area contributed by atoms with E-state index in [0.717, 1.165) is 0 Å². The van der Waals surface area contributed by atoms with Gasteiger partial charge in [-0.1, -0.05) is 30.4 Å². The van der Waals surface area contributed by atoms with Gasteiger partial charge in [0.2, 0.25) is 0 Å². The van der Waals surface area contributed by atoms with Crippen LogP contribution in [0.25, 0.3) is 5.69 Å². The number of aromatic nitrogens is 3. The first-order valence-electron chi connectivity index (χ1n) is 7.93. The van der Waals surface area contributed by atoms with Gasteiger partial charge in [-0.05, 0) is 12.1 Å². The molecule has 1 fully saturated rings. The van der Waals surface area contributed by atoms with Gasteiger partial charge in [-0.25, -0.2) is 23.5 Å². The number of rotatable bonds is 2. The molecule has 4 atom stereocenters. The summed E-state index contributed by atoms with van der Waals surface area (Å²) in [6.07, 6.45) is 3.87. The largest absolute Gasteiger partial charge is 0.469 e. The Labute approximate surface area is 136 Å². The quantitative estimate of drug-likeness (QED) is 0.595. The lowest BCUT2D eigenvalue weighted by molar-refractivity contribution is -0.142. The summed E-state index contributed by atoms with van der Waals surface area (Å²) in [7, 11) is 1.37. The lowest BCUT2D eigenvalue weighted by Crippen LogP contribution is -2.40. The van der Waals surface area contributed by atoms with Gasteiger partial charge in [0.15, 0.2) is 0 Å². The van der Waals surface area contributed by atoms with Crippen LogP contribution >= 0.6 is 0 Å². The number of allylic oxidation sites excluding steroid dienone is 2. The second-order valence-electron chi connectivity index (χ2n) is 6.49. The molecule has 4 aliphatic rings. The van der Waals surface area contributed by atoms with Crippen LogP contribution in [-0.2, 0) is 9.53 Å². The van der Waals surface area contributed by atoms with Crippen molar-refractivity contribution in [1.29, 1.82) is 0 Å². The molecule has 0 unspecified atom stereocenters. The molecule has 6 rings (SSSR count). The van der Waals surface area contributed by atoms with Crippen molar-refractivity contribution in [1.82, 2.24) is 13.9 Å². The van der Waals surface area contributed by atoms with Crippen molar-refractivity contribution in [2.24, 2.45) is 17.8 Å². The monoisotopic (exact) mass is 325 g/mol. The van der Waals surface area contributed by atoms with E-state index in [1.807, 2.05) is 18.2 Å². The minimum Gasteiger partial charge on any atom is -0.469 e. The fourth-order valence-electron chi connectivity index (χ4n) is 4.47. The standard InChI is InChI=1S/C17H15N3O4/c1-24-15(21)14-12-10-7-8-11(13(12)14)20-17(23)18(16(22)19(10)20)9-5-3-2-4-6-9/h2-8,10-14H,1H3/t10-,11-,12-,13-/m0/s1. The SMILES string of the molecule is COC(=O)C1[C@@H]2[C@@H]1[C@@H]1C=C[C@@H]2n2c(=O)n(-c3ccccc3)c(=O)n21. The Bertz CT molecular complexity index is 946. The molecule has 2 aromatic rings. The van der Waals surface area contributed by atoms with Crippen LogP contribution < -0.4 is 11.4 Å². The van der Waals surface area contributed by atoms with E-state index in [-0.39, 0.29) is 47.2 Å². The smallest absolute Gasteiger partial charge is 0.352 e. The topological polar surface area (TPSA) is 75.2 Å². The number of ether oxygens (including phenoxy) is 1. The van der Waals surface area contributed by atoms with Crippen LogP contribution in [-0.4, -0.2) is 27.0 Å². The Kier molecular flexibility index (Phi) is 2.48. The molecule has 0 saturated heterocycles. The third-order valence-corrected chi connectivity index (χ3v) is 5.49.